The molecule has 0 bridgehead atoms. The lowest BCUT2D eigenvalue weighted by Crippen LogP contribution is -2.47. The Hall–Kier alpha value is -3.19. The summed E-state index contributed by atoms with van der Waals surface area (Å²) < 4.78 is 0. The number of carbonyl (C=O) groups is 2. The standard InChI is InChI=1S/C27H33N5O2/c1-17-5-4-6-21-15-22(29-24(17)21)27(34)30-26(20-7-8-20)25-18(2)13-19(16-28-25)14-23(33)32-11-9-31(3)10-12-32/h4-6,13,15-16,20,26,29H,7-12,14H2,1-3H3,(H,30,34). The maximum atomic E-state index is 13.1. The number of likely N-dealkylation sites (N-methyl/N-ethyl adjacent to an activating group) is 1. The molecular formula is C27H33N5O2. The molecule has 1 unspecified atom stereocenters. The summed E-state index contributed by atoms with van der Waals surface area (Å²) in [6.45, 7) is 7.46. The number of fused-ring (bicyclic) bond motifs is 1. The molecule has 1 aliphatic carbocycles. The van der Waals surface area contributed by atoms with Crippen LogP contribution in [0.2, 0.25) is 0 Å². The number of benzene rings is 1. The fourth-order valence-electron chi connectivity index (χ4n) is 4.90. The van der Waals surface area contributed by atoms with E-state index in [0.29, 0.717) is 18.0 Å². The molecule has 178 valence electrons. The highest BCUT2D eigenvalue weighted by Gasteiger charge is 2.35. The van der Waals surface area contributed by atoms with Crippen LogP contribution >= 0.6 is 0 Å². The van der Waals surface area contributed by atoms with Crippen molar-refractivity contribution < 1.29 is 9.59 Å². The fraction of sp³-hybridized carbons (Fsp3) is 0.444. The maximum Gasteiger partial charge on any atom is 0.268 e. The number of rotatable bonds is 6. The molecule has 1 aromatic carbocycles. The minimum atomic E-state index is -0.123. The van der Waals surface area contributed by atoms with Gasteiger partial charge in [-0.3, -0.25) is 14.6 Å². The summed E-state index contributed by atoms with van der Waals surface area (Å²) in [7, 11) is 2.09. The van der Waals surface area contributed by atoms with Crippen LogP contribution in [0.15, 0.2) is 36.5 Å². The summed E-state index contributed by atoms with van der Waals surface area (Å²) in [5, 5.41) is 4.28. The van der Waals surface area contributed by atoms with Gasteiger partial charge in [-0.25, -0.2) is 0 Å². The molecule has 1 aliphatic heterocycles. The molecule has 2 N–H and O–H groups in total. The average Bonchev–Trinajstić information content (AvgIpc) is 3.56. The molecule has 2 aromatic heterocycles. The first-order chi connectivity index (χ1) is 16.4. The fourth-order valence-corrected chi connectivity index (χ4v) is 4.90. The number of para-hydroxylation sites is 1. The van der Waals surface area contributed by atoms with E-state index in [4.69, 9.17) is 4.98 Å². The van der Waals surface area contributed by atoms with Crippen molar-refractivity contribution in [3.63, 3.8) is 0 Å². The van der Waals surface area contributed by atoms with Gasteiger partial charge < -0.3 is 20.1 Å². The van der Waals surface area contributed by atoms with Crippen molar-refractivity contribution in [1.82, 2.24) is 25.1 Å². The summed E-state index contributed by atoms with van der Waals surface area (Å²) >= 11 is 0. The topological polar surface area (TPSA) is 81.3 Å². The van der Waals surface area contributed by atoms with Crippen molar-refractivity contribution in [2.45, 2.75) is 39.2 Å². The number of aryl methyl sites for hydroxylation is 2. The Balaban J connectivity index is 1.30. The van der Waals surface area contributed by atoms with Crippen LogP contribution in [0.1, 0.15) is 51.8 Å². The largest absolute Gasteiger partial charge is 0.350 e. The van der Waals surface area contributed by atoms with Crippen molar-refractivity contribution in [3.8, 4) is 0 Å². The second-order valence-corrected chi connectivity index (χ2v) is 9.92. The molecular weight excluding hydrogens is 426 g/mol. The Kier molecular flexibility index (Phi) is 6.13. The normalized spacial score (nSPS) is 17.7. The molecule has 0 radical (unpaired) electrons. The van der Waals surface area contributed by atoms with Crippen molar-refractivity contribution in [2.24, 2.45) is 5.92 Å². The van der Waals surface area contributed by atoms with Gasteiger partial charge in [0.15, 0.2) is 0 Å². The van der Waals surface area contributed by atoms with Crippen LogP contribution in [-0.2, 0) is 11.2 Å². The maximum absolute atomic E-state index is 13.1. The van der Waals surface area contributed by atoms with Gasteiger partial charge in [-0.05, 0) is 62.4 Å². The zero-order chi connectivity index (χ0) is 23.8. The zero-order valence-electron chi connectivity index (χ0n) is 20.2. The Bertz CT molecular complexity index is 1220. The van der Waals surface area contributed by atoms with E-state index in [2.05, 4.69) is 28.3 Å². The minimum Gasteiger partial charge on any atom is -0.350 e. The quantitative estimate of drug-likeness (QED) is 0.592. The number of aromatic amines is 1. The highest BCUT2D eigenvalue weighted by molar-refractivity contribution is 5.98. The minimum absolute atomic E-state index is 0.108. The number of hydrogen-bond acceptors (Lipinski definition) is 4. The number of piperazine rings is 1. The van der Waals surface area contributed by atoms with E-state index in [-0.39, 0.29) is 17.9 Å². The smallest absolute Gasteiger partial charge is 0.268 e. The first-order valence-corrected chi connectivity index (χ1v) is 12.2. The number of pyridine rings is 1. The molecule has 0 spiro atoms. The summed E-state index contributed by atoms with van der Waals surface area (Å²) in [6, 6.07) is 9.91. The molecule has 1 saturated carbocycles. The van der Waals surface area contributed by atoms with Crippen LogP contribution in [0.25, 0.3) is 10.9 Å². The van der Waals surface area contributed by atoms with Crippen LogP contribution in [0, 0.1) is 19.8 Å². The molecule has 1 saturated heterocycles. The second-order valence-electron chi connectivity index (χ2n) is 9.92. The van der Waals surface area contributed by atoms with Crippen LogP contribution in [0.5, 0.6) is 0 Å². The number of nitrogens with one attached hydrogen (secondary N) is 2. The predicted molar refractivity (Wildman–Crippen MR) is 133 cm³/mol. The molecule has 7 heteroatoms. The molecule has 5 rings (SSSR count). The lowest BCUT2D eigenvalue weighted by atomic mass is 10.0. The molecule has 34 heavy (non-hydrogen) atoms. The number of nitrogens with zero attached hydrogens (tertiary/aromatic N) is 3. The Morgan fingerprint density at radius 2 is 1.88 bits per heavy atom. The second kappa shape index (κ2) is 9.22. The summed E-state index contributed by atoms with van der Waals surface area (Å²) in [4.78, 5) is 38.1. The third kappa shape index (κ3) is 4.71. The Morgan fingerprint density at radius 1 is 1.12 bits per heavy atom. The van der Waals surface area contributed by atoms with Gasteiger partial charge >= 0.3 is 0 Å². The van der Waals surface area contributed by atoms with Gasteiger partial charge in [-0.2, -0.15) is 0 Å². The van der Waals surface area contributed by atoms with Gasteiger partial charge in [0, 0.05) is 43.3 Å². The number of amides is 2. The van der Waals surface area contributed by atoms with Crippen molar-refractivity contribution >= 4 is 22.7 Å². The van der Waals surface area contributed by atoms with E-state index in [0.717, 1.165) is 72.3 Å². The van der Waals surface area contributed by atoms with E-state index in [1.54, 1.807) is 0 Å². The Morgan fingerprint density at radius 3 is 2.56 bits per heavy atom. The highest BCUT2D eigenvalue weighted by atomic mass is 16.2. The van der Waals surface area contributed by atoms with Crippen LogP contribution in [-0.4, -0.2) is 64.8 Å². The van der Waals surface area contributed by atoms with E-state index in [9.17, 15) is 9.59 Å². The van der Waals surface area contributed by atoms with Gasteiger partial charge in [0.1, 0.15) is 5.69 Å². The van der Waals surface area contributed by atoms with Crippen molar-refractivity contribution in [2.75, 3.05) is 33.2 Å². The van der Waals surface area contributed by atoms with Crippen molar-refractivity contribution in [1.29, 1.82) is 0 Å². The first-order valence-electron chi connectivity index (χ1n) is 12.2. The molecule has 2 aliphatic rings. The van der Waals surface area contributed by atoms with Gasteiger partial charge in [0.05, 0.1) is 18.2 Å². The number of aromatic nitrogens is 2. The van der Waals surface area contributed by atoms with E-state index >= 15 is 0 Å². The molecule has 3 heterocycles. The number of H-pyrrole nitrogens is 1. The molecule has 2 fully saturated rings. The van der Waals surface area contributed by atoms with E-state index in [1.165, 1.54) is 0 Å². The van der Waals surface area contributed by atoms with Crippen LogP contribution in [0.4, 0.5) is 0 Å². The summed E-state index contributed by atoms with van der Waals surface area (Å²) in [5.74, 6) is 0.449. The number of hydrogen-bond donors (Lipinski definition) is 2. The average molecular weight is 460 g/mol. The van der Waals surface area contributed by atoms with Crippen molar-refractivity contribution in [3.05, 3.63) is 64.6 Å². The third-order valence-corrected chi connectivity index (χ3v) is 7.17. The molecule has 2 amide bonds. The highest BCUT2D eigenvalue weighted by Crippen LogP contribution is 2.41. The monoisotopic (exact) mass is 459 g/mol. The van der Waals surface area contributed by atoms with E-state index < -0.39 is 0 Å². The third-order valence-electron chi connectivity index (χ3n) is 7.17. The molecule has 1 atom stereocenters. The van der Waals surface area contributed by atoms with Crippen LogP contribution in [0.3, 0.4) is 0 Å². The number of carbonyl (C=O) groups excluding carboxylic acids is 2. The predicted octanol–water partition coefficient (Wildman–Crippen LogP) is 3.38. The summed E-state index contributed by atoms with van der Waals surface area (Å²) in [6.07, 6.45) is 4.35. The van der Waals surface area contributed by atoms with Crippen LogP contribution < -0.4 is 5.32 Å². The summed E-state index contributed by atoms with van der Waals surface area (Å²) in [5.41, 5.74) is 5.54. The first kappa shape index (κ1) is 22.6. The lowest BCUT2D eigenvalue weighted by Gasteiger charge is -2.32. The lowest BCUT2D eigenvalue weighted by molar-refractivity contribution is -0.132. The SMILES string of the molecule is Cc1cc(CC(=O)N2CCN(C)CC2)cnc1C(NC(=O)c1cc2cccc(C)c2[nH]1)C1CC1. The molecule has 7 nitrogen and oxygen atoms in total. The van der Waals surface area contributed by atoms with E-state index in [1.807, 2.05) is 49.2 Å². The van der Waals surface area contributed by atoms with Gasteiger partial charge in [0.25, 0.3) is 5.91 Å². The Labute approximate surface area is 200 Å². The molecule has 3 aromatic rings. The van der Waals surface area contributed by atoms with Gasteiger partial charge in [0.2, 0.25) is 5.91 Å². The van der Waals surface area contributed by atoms with Gasteiger partial charge in [-0.15, -0.1) is 0 Å². The van der Waals surface area contributed by atoms with Gasteiger partial charge in [-0.1, -0.05) is 24.3 Å². The zero-order valence-corrected chi connectivity index (χ0v) is 20.2.